The molecule has 0 heterocycles. The fourth-order valence-electron chi connectivity index (χ4n) is 1.90. The number of nitrogens with one attached hydrogen (secondary N) is 1. The molecule has 0 fully saturated rings. The van der Waals surface area contributed by atoms with Crippen LogP contribution >= 0.6 is 15.9 Å². The molecule has 6 heteroatoms. The molecule has 1 amide bonds. The van der Waals surface area contributed by atoms with Gasteiger partial charge in [-0.15, -0.1) is 0 Å². The van der Waals surface area contributed by atoms with Gasteiger partial charge < -0.3 is 10.4 Å². The van der Waals surface area contributed by atoms with Gasteiger partial charge in [0.1, 0.15) is 5.82 Å². The summed E-state index contributed by atoms with van der Waals surface area (Å²) in [7, 11) is 0. The van der Waals surface area contributed by atoms with Gasteiger partial charge in [0, 0.05) is 18.9 Å². The second kappa shape index (κ2) is 8.77. The third-order valence-corrected chi connectivity index (χ3v) is 3.70. The van der Waals surface area contributed by atoms with E-state index >= 15 is 0 Å². The SMILES string of the molecule is CC(Cc1ccc(F)c(Br)c1)C(=O)NCCCCC(=O)O. The third kappa shape index (κ3) is 6.71. The highest BCUT2D eigenvalue weighted by Crippen LogP contribution is 2.19. The van der Waals surface area contributed by atoms with Crippen LogP contribution in [0.25, 0.3) is 0 Å². The first kappa shape index (κ1) is 17.6. The second-order valence-electron chi connectivity index (χ2n) is 5.00. The lowest BCUT2D eigenvalue weighted by Crippen LogP contribution is -2.31. The van der Waals surface area contributed by atoms with Crippen molar-refractivity contribution in [3.8, 4) is 0 Å². The molecule has 1 atom stereocenters. The molecule has 0 aliphatic rings. The molecule has 0 spiro atoms. The number of halogens is 2. The fourth-order valence-corrected chi connectivity index (χ4v) is 2.33. The largest absolute Gasteiger partial charge is 0.481 e. The molecule has 0 radical (unpaired) electrons. The molecule has 21 heavy (non-hydrogen) atoms. The zero-order valence-electron chi connectivity index (χ0n) is 11.9. The number of amides is 1. The van der Waals surface area contributed by atoms with Crippen LogP contribution in [0.5, 0.6) is 0 Å². The number of carboxylic acid groups (broad SMARTS) is 1. The molecule has 0 saturated heterocycles. The van der Waals surface area contributed by atoms with E-state index in [4.69, 9.17) is 5.11 Å². The summed E-state index contributed by atoms with van der Waals surface area (Å²) in [6.45, 7) is 2.29. The van der Waals surface area contributed by atoms with E-state index in [0.717, 1.165) is 5.56 Å². The quantitative estimate of drug-likeness (QED) is 0.700. The highest BCUT2D eigenvalue weighted by molar-refractivity contribution is 9.10. The summed E-state index contributed by atoms with van der Waals surface area (Å²) in [5.41, 5.74) is 0.886. The topological polar surface area (TPSA) is 66.4 Å². The number of aliphatic carboxylic acids is 1. The van der Waals surface area contributed by atoms with Gasteiger partial charge in [-0.1, -0.05) is 13.0 Å². The minimum Gasteiger partial charge on any atom is -0.481 e. The number of hydrogen-bond acceptors (Lipinski definition) is 2. The first-order valence-corrected chi connectivity index (χ1v) is 7.63. The lowest BCUT2D eigenvalue weighted by Gasteiger charge is -2.12. The molecule has 0 aromatic heterocycles. The Hall–Kier alpha value is -1.43. The van der Waals surface area contributed by atoms with Crippen LogP contribution in [0.15, 0.2) is 22.7 Å². The van der Waals surface area contributed by atoms with Crippen LogP contribution in [0, 0.1) is 11.7 Å². The predicted octanol–water partition coefficient (Wildman–Crippen LogP) is 3.14. The Bertz CT molecular complexity index is 508. The van der Waals surface area contributed by atoms with E-state index in [1.54, 1.807) is 12.1 Å². The van der Waals surface area contributed by atoms with Crippen molar-refractivity contribution in [3.63, 3.8) is 0 Å². The number of benzene rings is 1. The van der Waals surface area contributed by atoms with Crippen LogP contribution in [0.3, 0.4) is 0 Å². The Morgan fingerprint density at radius 1 is 1.38 bits per heavy atom. The molecular formula is C15H19BrFNO3. The first-order chi connectivity index (χ1) is 9.90. The molecule has 0 aliphatic carbocycles. The van der Waals surface area contributed by atoms with E-state index in [9.17, 15) is 14.0 Å². The van der Waals surface area contributed by atoms with Crippen LogP contribution in [0.4, 0.5) is 4.39 Å². The minimum atomic E-state index is -0.823. The number of rotatable bonds is 8. The van der Waals surface area contributed by atoms with Crippen LogP contribution in [0.1, 0.15) is 31.7 Å². The van der Waals surface area contributed by atoms with Crippen molar-refractivity contribution in [2.45, 2.75) is 32.6 Å². The van der Waals surface area contributed by atoms with Gasteiger partial charge in [-0.3, -0.25) is 9.59 Å². The summed E-state index contributed by atoms with van der Waals surface area (Å²) < 4.78 is 13.5. The number of carbonyl (C=O) groups excluding carboxylic acids is 1. The van der Waals surface area contributed by atoms with Crippen molar-refractivity contribution < 1.29 is 19.1 Å². The molecule has 4 nitrogen and oxygen atoms in total. The van der Waals surface area contributed by atoms with Crippen molar-refractivity contribution in [2.24, 2.45) is 5.92 Å². The number of unbranched alkanes of at least 4 members (excludes halogenated alkanes) is 1. The molecule has 116 valence electrons. The maximum atomic E-state index is 13.1. The Labute approximate surface area is 131 Å². The number of carboxylic acids is 1. The summed E-state index contributed by atoms with van der Waals surface area (Å²) in [6.07, 6.45) is 1.84. The van der Waals surface area contributed by atoms with Gasteiger partial charge in [-0.25, -0.2) is 4.39 Å². The first-order valence-electron chi connectivity index (χ1n) is 6.83. The Kier molecular flexibility index (Phi) is 7.36. The maximum Gasteiger partial charge on any atom is 0.303 e. The van der Waals surface area contributed by atoms with Crippen LogP contribution < -0.4 is 5.32 Å². The fraction of sp³-hybridized carbons (Fsp3) is 0.467. The average molecular weight is 360 g/mol. The standard InChI is InChI=1S/C15H19BrFNO3/c1-10(8-11-5-6-13(17)12(16)9-11)15(21)18-7-3-2-4-14(19)20/h5-6,9-10H,2-4,7-8H2,1H3,(H,18,21)(H,19,20). The van der Waals surface area contributed by atoms with E-state index in [2.05, 4.69) is 21.2 Å². The molecule has 1 aromatic rings. The normalized spacial score (nSPS) is 12.0. The van der Waals surface area contributed by atoms with Gasteiger partial charge in [0.2, 0.25) is 5.91 Å². The molecule has 0 bridgehead atoms. The monoisotopic (exact) mass is 359 g/mol. The van der Waals surface area contributed by atoms with E-state index < -0.39 is 5.97 Å². The Balaban J connectivity index is 2.33. The average Bonchev–Trinajstić information content (AvgIpc) is 2.42. The molecule has 0 saturated carbocycles. The molecular weight excluding hydrogens is 341 g/mol. The van der Waals surface area contributed by atoms with Gasteiger partial charge in [0.05, 0.1) is 4.47 Å². The zero-order chi connectivity index (χ0) is 15.8. The Morgan fingerprint density at radius 2 is 2.10 bits per heavy atom. The van der Waals surface area contributed by atoms with E-state index in [1.165, 1.54) is 6.07 Å². The minimum absolute atomic E-state index is 0.0780. The van der Waals surface area contributed by atoms with Crippen molar-refractivity contribution in [3.05, 3.63) is 34.1 Å². The smallest absolute Gasteiger partial charge is 0.303 e. The summed E-state index contributed by atoms with van der Waals surface area (Å²) in [4.78, 5) is 22.2. The summed E-state index contributed by atoms with van der Waals surface area (Å²) >= 11 is 3.12. The lowest BCUT2D eigenvalue weighted by atomic mass is 10.0. The number of carbonyl (C=O) groups is 2. The van der Waals surface area contributed by atoms with Crippen molar-refractivity contribution in [2.75, 3.05) is 6.54 Å². The highest BCUT2D eigenvalue weighted by atomic mass is 79.9. The Morgan fingerprint density at radius 3 is 2.71 bits per heavy atom. The second-order valence-corrected chi connectivity index (χ2v) is 5.85. The van der Waals surface area contributed by atoms with E-state index in [-0.39, 0.29) is 24.1 Å². The van der Waals surface area contributed by atoms with Crippen molar-refractivity contribution >= 4 is 27.8 Å². The maximum absolute atomic E-state index is 13.1. The number of hydrogen-bond donors (Lipinski definition) is 2. The van der Waals surface area contributed by atoms with E-state index in [0.29, 0.717) is 30.3 Å². The van der Waals surface area contributed by atoms with Gasteiger partial charge in [0.25, 0.3) is 0 Å². The summed E-state index contributed by atoms with van der Waals surface area (Å²) in [6, 6.07) is 4.71. The van der Waals surface area contributed by atoms with Crippen molar-refractivity contribution in [1.82, 2.24) is 5.32 Å². The summed E-state index contributed by atoms with van der Waals surface area (Å²) in [5, 5.41) is 11.3. The highest BCUT2D eigenvalue weighted by Gasteiger charge is 2.13. The molecule has 1 aromatic carbocycles. The van der Waals surface area contributed by atoms with Gasteiger partial charge >= 0.3 is 5.97 Å². The van der Waals surface area contributed by atoms with Gasteiger partial charge in [0.15, 0.2) is 0 Å². The summed E-state index contributed by atoms with van der Waals surface area (Å²) in [5.74, 6) is -1.45. The van der Waals surface area contributed by atoms with Crippen LogP contribution in [-0.4, -0.2) is 23.5 Å². The third-order valence-electron chi connectivity index (χ3n) is 3.09. The molecule has 2 N–H and O–H groups in total. The van der Waals surface area contributed by atoms with E-state index in [1.807, 2.05) is 6.92 Å². The molecule has 1 rings (SSSR count). The van der Waals surface area contributed by atoms with Gasteiger partial charge in [-0.05, 0) is 52.9 Å². The van der Waals surface area contributed by atoms with Crippen LogP contribution in [0.2, 0.25) is 0 Å². The zero-order valence-corrected chi connectivity index (χ0v) is 13.5. The molecule has 1 unspecified atom stereocenters. The predicted molar refractivity (Wildman–Crippen MR) is 81.5 cm³/mol. The lowest BCUT2D eigenvalue weighted by molar-refractivity contribution is -0.137. The van der Waals surface area contributed by atoms with Gasteiger partial charge in [-0.2, -0.15) is 0 Å². The van der Waals surface area contributed by atoms with Crippen LogP contribution in [-0.2, 0) is 16.0 Å². The molecule has 0 aliphatic heterocycles. The van der Waals surface area contributed by atoms with Crippen molar-refractivity contribution in [1.29, 1.82) is 0 Å².